The van der Waals surface area contributed by atoms with Crippen LogP contribution in [0.5, 0.6) is 0 Å². The van der Waals surface area contributed by atoms with E-state index < -0.39 is 76.1 Å². The van der Waals surface area contributed by atoms with Crippen molar-refractivity contribution in [2.75, 3.05) is 6.61 Å². The number of carbonyl (C=O) groups is 4. The Kier molecular flexibility index (Phi) is 11.3. The van der Waals surface area contributed by atoms with E-state index in [1.54, 1.807) is 83.1 Å². The lowest BCUT2D eigenvalue weighted by atomic mass is 9.87. The van der Waals surface area contributed by atoms with E-state index in [4.69, 9.17) is 23.7 Å². The second-order valence-corrected chi connectivity index (χ2v) is 16.1. The minimum atomic E-state index is -1.29. The van der Waals surface area contributed by atoms with Gasteiger partial charge in [0.2, 0.25) is 0 Å². The third-order valence-electron chi connectivity index (χ3n) is 6.81. The minimum Gasteiger partial charge on any atom is -0.462 e. The van der Waals surface area contributed by atoms with Crippen molar-refractivity contribution >= 4 is 39.8 Å². The Morgan fingerprint density at radius 1 is 0.674 bits per heavy atom. The summed E-state index contributed by atoms with van der Waals surface area (Å²) < 4.78 is 31.3. The molecule has 1 aliphatic heterocycles. The summed E-state index contributed by atoms with van der Waals surface area (Å²) in [5, 5.41) is 0. The molecule has 1 heterocycles. The molecule has 1 saturated heterocycles. The molecule has 1 fully saturated rings. The molecule has 43 heavy (non-hydrogen) atoms. The lowest BCUT2D eigenvalue weighted by molar-refractivity contribution is -0.262. The molecule has 0 radical (unpaired) electrons. The fourth-order valence-corrected chi connectivity index (χ4v) is 4.29. The maximum Gasteiger partial charge on any atom is 0.311 e. The van der Waals surface area contributed by atoms with Gasteiger partial charge in [0.1, 0.15) is 18.8 Å². The fraction of sp³-hybridized carbons (Fsp3) is 0.697. The molecule has 0 N–H and O–H groups in total. The van der Waals surface area contributed by atoms with Crippen LogP contribution < -0.4 is 0 Å². The van der Waals surface area contributed by atoms with Crippen LogP contribution >= 0.6 is 15.9 Å². The van der Waals surface area contributed by atoms with Crippen LogP contribution in [-0.2, 0) is 42.9 Å². The van der Waals surface area contributed by atoms with Gasteiger partial charge in [-0.1, -0.05) is 28.1 Å². The van der Waals surface area contributed by atoms with Gasteiger partial charge in [0.25, 0.3) is 0 Å². The van der Waals surface area contributed by atoms with Crippen molar-refractivity contribution in [3.05, 3.63) is 33.8 Å². The van der Waals surface area contributed by atoms with E-state index in [0.29, 0.717) is 5.56 Å². The summed E-state index contributed by atoms with van der Waals surface area (Å²) in [7, 11) is 0. The number of rotatable bonds is 6. The Balaban J connectivity index is 2.81. The van der Waals surface area contributed by atoms with Crippen LogP contribution in [0.3, 0.4) is 0 Å². The van der Waals surface area contributed by atoms with Gasteiger partial charge >= 0.3 is 23.9 Å². The zero-order chi connectivity index (χ0) is 33.3. The average molecular weight is 670 g/mol. The second kappa shape index (κ2) is 13.3. The lowest BCUT2D eigenvalue weighted by Crippen LogP contribution is -2.61. The molecule has 1 aliphatic rings. The zero-order valence-corrected chi connectivity index (χ0v) is 29.5. The molecule has 10 heteroatoms. The van der Waals surface area contributed by atoms with Crippen molar-refractivity contribution in [2.45, 2.75) is 121 Å². The molecule has 0 saturated carbocycles. The quantitative estimate of drug-likeness (QED) is 0.242. The number of carbonyl (C=O) groups excluding carboxylic acids is 4. The molecule has 0 bridgehead atoms. The molecule has 0 unspecified atom stereocenters. The first kappa shape index (κ1) is 36.7. The summed E-state index contributed by atoms with van der Waals surface area (Å²) in [5.74, 6) is -2.24. The Hall–Kier alpha value is -2.46. The van der Waals surface area contributed by atoms with Crippen LogP contribution in [0.2, 0.25) is 0 Å². The van der Waals surface area contributed by atoms with Gasteiger partial charge in [-0.3, -0.25) is 19.2 Å². The summed E-state index contributed by atoms with van der Waals surface area (Å²) in [6.45, 7) is 22.0. The molecule has 9 nitrogen and oxygen atoms in total. The third-order valence-corrected chi connectivity index (χ3v) is 7.67. The van der Waals surface area contributed by atoms with E-state index in [1.807, 2.05) is 25.1 Å². The predicted octanol–water partition coefficient (Wildman–Crippen LogP) is 6.66. The van der Waals surface area contributed by atoms with Crippen molar-refractivity contribution in [1.82, 2.24) is 0 Å². The predicted molar refractivity (Wildman–Crippen MR) is 165 cm³/mol. The Morgan fingerprint density at radius 2 is 1.09 bits per heavy atom. The number of halogens is 1. The van der Waals surface area contributed by atoms with Gasteiger partial charge in [-0.05, 0) is 107 Å². The number of esters is 4. The van der Waals surface area contributed by atoms with Gasteiger partial charge in [-0.2, -0.15) is 0 Å². The summed E-state index contributed by atoms with van der Waals surface area (Å²) in [5.41, 5.74) is -2.13. The number of hydrogen-bond donors (Lipinski definition) is 0. The van der Waals surface area contributed by atoms with Crippen molar-refractivity contribution in [2.24, 2.45) is 21.7 Å². The topological polar surface area (TPSA) is 114 Å². The highest BCUT2D eigenvalue weighted by molar-refractivity contribution is 9.10. The molecule has 0 spiro atoms. The Labute approximate surface area is 264 Å². The van der Waals surface area contributed by atoms with Gasteiger partial charge in [0, 0.05) is 4.47 Å². The number of benzene rings is 1. The first-order chi connectivity index (χ1) is 19.4. The molecule has 0 aliphatic carbocycles. The monoisotopic (exact) mass is 668 g/mol. The van der Waals surface area contributed by atoms with Crippen LogP contribution in [0.15, 0.2) is 22.7 Å². The van der Waals surface area contributed by atoms with Crippen molar-refractivity contribution in [3.63, 3.8) is 0 Å². The van der Waals surface area contributed by atoms with Crippen LogP contribution in [0.25, 0.3) is 0 Å². The van der Waals surface area contributed by atoms with Crippen molar-refractivity contribution < 1.29 is 42.9 Å². The van der Waals surface area contributed by atoms with Gasteiger partial charge < -0.3 is 23.7 Å². The van der Waals surface area contributed by atoms with Crippen LogP contribution in [-0.4, -0.2) is 54.9 Å². The highest BCUT2D eigenvalue weighted by Crippen LogP contribution is 2.42. The SMILES string of the molecule is Cc1c(Br)cccc1[C@H]1O[C@H](COC(=O)C(C)(C)C)[C@@H](OC(=O)C(C)(C)C)[C@H](OC(=O)C(C)(C)C)[C@@H]1OC(=O)C(C)(C)C. The van der Waals surface area contributed by atoms with Crippen LogP contribution in [0.1, 0.15) is 100 Å². The first-order valence-electron chi connectivity index (χ1n) is 14.6. The molecular formula is C33H49BrO9. The second-order valence-electron chi connectivity index (χ2n) is 15.3. The summed E-state index contributed by atoms with van der Waals surface area (Å²) in [6.07, 6.45) is -5.81. The molecule has 0 aromatic heterocycles. The van der Waals surface area contributed by atoms with E-state index in [-0.39, 0.29) is 6.61 Å². The maximum absolute atomic E-state index is 13.4. The lowest BCUT2D eigenvalue weighted by Gasteiger charge is -2.46. The molecule has 242 valence electrons. The van der Waals surface area contributed by atoms with E-state index >= 15 is 0 Å². The van der Waals surface area contributed by atoms with E-state index in [0.717, 1.165) is 10.0 Å². The van der Waals surface area contributed by atoms with Crippen molar-refractivity contribution in [3.8, 4) is 0 Å². The highest BCUT2D eigenvalue weighted by atomic mass is 79.9. The Bertz CT molecular complexity index is 1190. The smallest absolute Gasteiger partial charge is 0.311 e. The molecule has 2 rings (SSSR count). The number of hydrogen-bond acceptors (Lipinski definition) is 9. The fourth-order valence-electron chi connectivity index (χ4n) is 3.91. The van der Waals surface area contributed by atoms with E-state index in [9.17, 15) is 19.2 Å². The Morgan fingerprint density at radius 3 is 1.53 bits per heavy atom. The number of ether oxygens (including phenoxy) is 5. The molecule has 1 aromatic carbocycles. The summed E-state index contributed by atoms with van der Waals surface area (Å²) in [6, 6.07) is 5.51. The third kappa shape index (κ3) is 9.51. The summed E-state index contributed by atoms with van der Waals surface area (Å²) in [4.78, 5) is 52.9. The largest absolute Gasteiger partial charge is 0.462 e. The van der Waals surface area contributed by atoms with E-state index in [2.05, 4.69) is 15.9 Å². The van der Waals surface area contributed by atoms with Crippen LogP contribution in [0.4, 0.5) is 0 Å². The molecule has 5 atom stereocenters. The van der Waals surface area contributed by atoms with E-state index in [1.165, 1.54) is 0 Å². The summed E-state index contributed by atoms with van der Waals surface area (Å²) >= 11 is 3.56. The first-order valence-corrected chi connectivity index (χ1v) is 15.4. The van der Waals surface area contributed by atoms with Gasteiger partial charge in [0.05, 0.1) is 21.7 Å². The standard InChI is InChI=1S/C33H49BrO9/c1-18-19(15-14-16-20(18)34)22-24(42-28(37)32(8,9)10)25(43-29(38)33(11,12)13)23(41-27(36)31(5,6)7)21(40-22)17-39-26(35)30(2,3)4/h14-16,21-25H,17H2,1-13H3/t21-,22-,23-,24-,25+/m1/s1. The van der Waals surface area contributed by atoms with Crippen molar-refractivity contribution in [1.29, 1.82) is 0 Å². The molecule has 1 aromatic rings. The molecular weight excluding hydrogens is 620 g/mol. The van der Waals surface area contributed by atoms with Gasteiger partial charge in [-0.15, -0.1) is 0 Å². The minimum absolute atomic E-state index is 0.300. The average Bonchev–Trinajstić information content (AvgIpc) is 2.84. The normalized spacial score (nSPS) is 23.3. The van der Waals surface area contributed by atoms with Crippen LogP contribution in [0, 0.1) is 28.6 Å². The zero-order valence-electron chi connectivity index (χ0n) is 27.9. The molecule has 0 amide bonds. The highest BCUT2D eigenvalue weighted by Gasteiger charge is 2.55. The van der Waals surface area contributed by atoms with Gasteiger partial charge in [0.15, 0.2) is 18.3 Å². The maximum atomic E-state index is 13.4. The van der Waals surface area contributed by atoms with Gasteiger partial charge in [-0.25, -0.2) is 0 Å².